The molecule has 0 spiro atoms. The van der Waals surface area contributed by atoms with Gasteiger partial charge in [-0.25, -0.2) is 17.9 Å². The lowest BCUT2D eigenvalue weighted by Crippen LogP contribution is -2.53. The fraction of sp³-hybridized carbons (Fsp3) is 0.579. The van der Waals surface area contributed by atoms with Crippen LogP contribution in [-0.4, -0.2) is 80.4 Å². The lowest BCUT2D eigenvalue weighted by molar-refractivity contribution is 0.0645. The molecule has 4 rings (SSSR count). The number of nitrogens with zero attached hydrogens (tertiary/aromatic N) is 3. The fourth-order valence-electron chi connectivity index (χ4n) is 3.66. The molecule has 8 nitrogen and oxygen atoms in total. The number of benzene rings is 1. The lowest BCUT2D eigenvalue weighted by Gasteiger charge is -2.36. The summed E-state index contributed by atoms with van der Waals surface area (Å²) in [5.74, 6) is -0.132. The first-order valence-electron chi connectivity index (χ1n) is 9.89. The maximum atomic E-state index is 12.7. The van der Waals surface area contributed by atoms with Crippen LogP contribution in [0.1, 0.15) is 36.0 Å². The van der Waals surface area contributed by atoms with Gasteiger partial charge in [-0.3, -0.25) is 4.79 Å². The second-order valence-electron chi connectivity index (χ2n) is 7.68. The van der Waals surface area contributed by atoms with Gasteiger partial charge in [-0.15, -0.1) is 0 Å². The second-order valence-corrected chi connectivity index (χ2v) is 9.39. The molecule has 1 aromatic rings. The van der Waals surface area contributed by atoms with Gasteiger partial charge in [0.1, 0.15) is 0 Å². The number of urea groups is 1. The molecule has 0 bridgehead atoms. The van der Waals surface area contributed by atoms with Crippen molar-refractivity contribution in [1.82, 2.24) is 19.4 Å². The third-order valence-corrected chi connectivity index (χ3v) is 7.06. The highest BCUT2D eigenvalue weighted by atomic mass is 32.2. The zero-order chi connectivity index (χ0) is 19.7. The van der Waals surface area contributed by atoms with Crippen molar-refractivity contribution in [2.75, 3.05) is 39.3 Å². The van der Waals surface area contributed by atoms with E-state index < -0.39 is 10.0 Å². The first kappa shape index (κ1) is 19.2. The molecule has 152 valence electrons. The summed E-state index contributed by atoms with van der Waals surface area (Å²) in [6.07, 6.45) is 3.88. The van der Waals surface area contributed by atoms with Gasteiger partial charge in [0, 0.05) is 50.9 Å². The highest BCUT2D eigenvalue weighted by molar-refractivity contribution is 7.89. The molecule has 0 unspecified atom stereocenters. The number of amides is 3. The van der Waals surface area contributed by atoms with Crippen LogP contribution in [0.15, 0.2) is 29.2 Å². The zero-order valence-corrected chi connectivity index (χ0v) is 16.7. The van der Waals surface area contributed by atoms with Crippen LogP contribution in [0.4, 0.5) is 4.79 Å². The van der Waals surface area contributed by atoms with Crippen LogP contribution in [0.2, 0.25) is 0 Å². The largest absolute Gasteiger partial charge is 0.335 e. The Labute approximate surface area is 165 Å². The summed E-state index contributed by atoms with van der Waals surface area (Å²) in [6, 6.07) is 6.20. The van der Waals surface area contributed by atoms with Crippen LogP contribution >= 0.6 is 0 Å². The Morgan fingerprint density at radius 1 is 0.821 bits per heavy atom. The predicted octanol–water partition coefficient (Wildman–Crippen LogP) is 1.10. The molecule has 3 amide bonds. The monoisotopic (exact) mass is 406 g/mol. The molecule has 1 aromatic carbocycles. The van der Waals surface area contributed by atoms with Crippen LogP contribution in [0.3, 0.4) is 0 Å². The van der Waals surface area contributed by atoms with Crippen molar-refractivity contribution in [3.05, 3.63) is 29.8 Å². The smallest absolute Gasteiger partial charge is 0.320 e. The zero-order valence-electron chi connectivity index (χ0n) is 15.8. The molecule has 0 aromatic heterocycles. The SMILES string of the molecule is O=C(c1ccc(S(=O)(=O)NC2CC2)cc1)N1CCN(C(=O)N2CCCC2)CC1. The molecule has 1 N–H and O–H groups in total. The Bertz CT molecular complexity index is 837. The molecule has 3 aliphatic rings. The van der Waals surface area contributed by atoms with E-state index in [1.54, 1.807) is 17.0 Å². The van der Waals surface area contributed by atoms with Crippen molar-refractivity contribution in [3.63, 3.8) is 0 Å². The number of hydrogen-bond acceptors (Lipinski definition) is 4. The summed E-state index contributed by atoms with van der Waals surface area (Å²) in [4.78, 5) is 30.8. The van der Waals surface area contributed by atoms with E-state index in [1.807, 2.05) is 9.80 Å². The number of hydrogen-bond donors (Lipinski definition) is 1. The number of sulfonamides is 1. The molecule has 0 radical (unpaired) electrons. The number of piperazine rings is 1. The average Bonchev–Trinajstić information content (AvgIpc) is 3.34. The molecule has 0 atom stereocenters. The van der Waals surface area contributed by atoms with Gasteiger partial charge in [-0.2, -0.15) is 0 Å². The third-order valence-electron chi connectivity index (χ3n) is 5.52. The van der Waals surface area contributed by atoms with Gasteiger partial charge in [0.25, 0.3) is 5.91 Å². The number of nitrogens with one attached hydrogen (secondary N) is 1. The van der Waals surface area contributed by atoms with E-state index >= 15 is 0 Å². The minimum Gasteiger partial charge on any atom is -0.335 e. The van der Waals surface area contributed by atoms with E-state index in [-0.39, 0.29) is 22.9 Å². The standard InChI is InChI=1S/C19H26N4O4S/c24-18(15-3-7-17(8-4-15)28(26,27)20-16-5-6-16)21-11-13-23(14-12-21)19(25)22-9-1-2-10-22/h3-4,7-8,16,20H,1-2,5-6,9-14H2. The Morgan fingerprint density at radius 3 is 1.93 bits per heavy atom. The summed E-state index contributed by atoms with van der Waals surface area (Å²) in [7, 11) is -3.51. The van der Waals surface area contributed by atoms with Gasteiger partial charge in [-0.05, 0) is 49.9 Å². The van der Waals surface area contributed by atoms with E-state index in [0.717, 1.165) is 38.8 Å². The van der Waals surface area contributed by atoms with E-state index in [1.165, 1.54) is 12.1 Å². The molecule has 1 aliphatic carbocycles. The number of carbonyl (C=O) groups is 2. The van der Waals surface area contributed by atoms with Crippen molar-refractivity contribution in [1.29, 1.82) is 0 Å². The van der Waals surface area contributed by atoms with Crippen LogP contribution < -0.4 is 4.72 Å². The minimum atomic E-state index is -3.51. The van der Waals surface area contributed by atoms with Crippen molar-refractivity contribution < 1.29 is 18.0 Å². The molecular formula is C19H26N4O4S. The van der Waals surface area contributed by atoms with Gasteiger partial charge in [-0.1, -0.05) is 0 Å². The van der Waals surface area contributed by atoms with Gasteiger partial charge in [0.05, 0.1) is 4.90 Å². The molecule has 9 heteroatoms. The Balaban J connectivity index is 1.34. The fourth-order valence-corrected chi connectivity index (χ4v) is 4.96. The van der Waals surface area contributed by atoms with Gasteiger partial charge in [0.2, 0.25) is 10.0 Å². The van der Waals surface area contributed by atoms with E-state index in [9.17, 15) is 18.0 Å². The van der Waals surface area contributed by atoms with Crippen molar-refractivity contribution in [2.45, 2.75) is 36.6 Å². The molecule has 3 fully saturated rings. The van der Waals surface area contributed by atoms with Crippen LogP contribution in [0, 0.1) is 0 Å². The first-order valence-corrected chi connectivity index (χ1v) is 11.4. The van der Waals surface area contributed by atoms with Gasteiger partial charge >= 0.3 is 6.03 Å². The molecule has 1 saturated carbocycles. The molecular weight excluding hydrogens is 380 g/mol. The normalized spacial score (nSPS) is 20.5. The highest BCUT2D eigenvalue weighted by Gasteiger charge is 2.30. The summed E-state index contributed by atoms with van der Waals surface area (Å²) >= 11 is 0. The molecule has 2 aliphatic heterocycles. The van der Waals surface area contributed by atoms with Gasteiger partial charge < -0.3 is 14.7 Å². The number of carbonyl (C=O) groups excluding carboxylic acids is 2. The Kier molecular flexibility index (Phi) is 5.29. The summed E-state index contributed by atoms with van der Waals surface area (Å²) in [5.41, 5.74) is 0.463. The Morgan fingerprint density at radius 2 is 1.36 bits per heavy atom. The molecule has 2 saturated heterocycles. The van der Waals surface area contributed by atoms with Crippen LogP contribution in [0.25, 0.3) is 0 Å². The van der Waals surface area contributed by atoms with Crippen molar-refractivity contribution in [3.8, 4) is 0 Å². The summed E-state index contributed by atoms with van der Waals surface area (Å²) in [6.45, 7) is 3.67. The quantitative estimate of drug-likeness (QED) is 0.811. The molecule has 2 heterocycles. The van der Waals surface area contributed by atoms with Gasteiger partial charge in [0.15, 0.2) is 0 Å². The van der Waals surface area contributed by atoms with Crippen molar-refractivity contribution >= 4 is 22.0 Å². The van der Waals surface area contributed by atoms with Crippen LogP contribution in [0.5, 0.6) is 0 Å². The maximum absolute atomic E-state index is 12.7. The highest BCUT2D eigenvalue weighted by Crippen LogP contribution is 2.22. The average molecular weight is 407 g/mol. The predicted molar refractivity (Wildman–Crippen MR) is 103 cm³/mol. The maximum Gasteiger partial charge on any atom is 0.320 e. The summed E-state index contributed by atoms with van der Waals surface area (Å²) < 4.78 is 27.1. The van der Waals surface area contributed by atoms with Crippen molar-refractivity contribution in [2.24, 2.45) is 0 Å². The number of rotatable bonds is 4. The number of likely N-dealkylation sites (tertiary alicyclic amines) is 1. The summed E-state index contributed by atoms with van der Waals surface area (Å²) in [5, 5.41) is 0. The first-order chi connectivity index (χ1) is 13.4. The van der Waals surface area contributed by atoms with E-state index in [0.29, 0.717) is 31.7 Å². The Hall–Kier alpha value is -2.13. The van der Waals surface area contributed by atoms with E-state index in [4.69, 9.17) is 0 Å². The van der Waals surface area contributed by atoms with E-state index in [2.05, 4.69) is 4.72 Å². The minimum absolute atomic E-state index is 0.0471. The lowest BCUT2D eigenvalue weighted by atomic mass is 10.2. The topological polar surface area (TPSA) is 90.0 Å². The second kappa shape index (κ2) is 7.71. The molecule has 28 heavy (non-hydrogen) atoms. The van der Waals surface area contributed by atoms with Crippen LogP contribution in [-0.2, 0) is 10.0 Å². The third kappa shape index (κ3) is 4.15.